The highest BCUT2D eigenvalue weighted by Gasteiger charge is 2.13. The summed E-state index contributed by atoms with van der Waals surface area (Å²) in [7, 11) is 0. The van der Waals surface area contributed by atoms with Crippen molar-refractivity contribution in [1.82, 2.24) is 5.32 Å². The van der Waals surface area contributed by atoms with Crippen LogP contribution in [-0.2, 0) is 0 Å². The van der Waals surface area contributed by atoms with E-state index in [1.807, 2.05) is 19.9 Å². The fourth-order valence-electron chi connectivity index (χ4n) is 2.27. The molecule has 128 valence electrons. The number of rotatable bonds is 6. The number of amides is 1. The Hall–Kier alpha value is -2.47. The fraction of sp³-hybridized carbons (Fsp3) is 0.278. The first-order chi connectivity index (χ1) is 11.4. The summed E-state index contributed by atoms with van der Waals surface area (Å²) in [5.41, 5.74) is 2.96. The van der Waals surface area contributed by atoms with Gasteiger partial charge in [0, 0.05) is 12.1 Å². The third kappa shape index (κ3) is 4.52. The van der Waals surface area contributed by atoms with E-state index in [9.17, 15) is 18.7 Å². The molecule has 0 aliphatic heterocycles. The molecule has 0 heterocycles. The highest BCUT2D eigenvalue weighted by molar-refractivity contribution is 5.95. The van der Waals surface area contributed by atoms with Gasteiger partial charge >= 0.3 is 6.61 Å². The van der Waals surface area contributed by atoms with Gasteiger partial charge in [-0.05, 0) is 48.7 Å². The Morgan fingerprint density at radius 1 is 1.17 bits per heavy atom. The Morgan fingerprint density at radius 2 is 1.83 bits per heavy atom. The lowest BCUT2D eigenvalue weighted by Gasteiger charge is -2.14. The fourth-order valence-corrected chi connectivity index (χ4v) is 2.27. The van der Waals surface area contributed by atoms with E-state index in [0.717, 1.165) is 11.1 Å². The van der Waals surface area contributed by atoms with Gasteiger partial charge in [0.05, 0.1) is 6.10 Å². The molecule has 1 unspecified atom stereocenters. The van der Waals surface area contributed by atoms with Crippen LogP contribution in [0.25, 0.3) is 0 Å². The first-order valence-electron chi connectivity index (χ1n) is 7.45. The van der Waals surface area contributed by atoms with Gasteiger partial charge in [0.15, 0.2) is 0 Å². The molecule has 4 nitrogen and oxygen atoms in total. The van der Waals surface area contributed by atoms with Gasteiger partial charge in [0.2, 0.25) is 0 Å². The maximum Gasteiger partial charge on any atom is 0.387 e. The van der Waals surface area contributed by atoms with Gasteiger partial charge in [-0.25, -0.2) is 0 Å². The minimum atomic E-state index is -2.89. The number of carbonyl (C=O) groups excluding carboxylic acids is 1. The number of benzene rings is 2. The summed E-state index contributed by atoms with van der Waals surface area (Å²) in [6, 6.07) is 11.1. The van der Waals surface area contributed by atoms with Crippen LogP contribution in [0.1, 0.15) is 33.2 Å². The largest absolute Gasteiger partial charge is 0.435 e. The highest BCUT2D eigenvalue weighted by atomic mass is 19.3. The molecule has 0 spiro atoms. The van der Waals surface area contributed by atoms with Crippen LogP contribution in [-0.4, -0.2) is 24.2 Å². The topological polar surface area (TPSA) is 58.6 Å². The van der Waals surface area contributed by atoms with Gasteiger partial charge in [-0.2, -0.15) is 8.78 Å². The maximum absolute atomic E-state index is 12.2. The Bertz CT molecular complexity index is 702. The molecule has 0 radical (unpaired) electrons. The second-order valence-corrected chi connectivity index (χ2v) is 5.42. The molecule has 0 saturated carbocycles. The van der Waals surface area contributed by atoms with Gasteiger partial charge in [0.25, 0.3) is 5.91 Å². The van der Waals surface area contributed by atoms with E-state index in [-0.39, 0.29) is 18.2 Å². The summed E-state index contributed by atoms with van der Waals surface area (Å²) in [6.45, 7) is 0.908. The van der Waals surface area contributed by atoms with Crippen molar-refractivity contribution in [2.45, 2.75) is 26.6 Å². The summed E-state index contributed by atoms with van der Waals surface area (Å²) < 4.78 is 28.4. The first-order valence-corrected chi connectivity index (χ1v) is 7.45. The van der Waals surface area contributed by atoms with Crippen molar-refractivity contribution in [3.05, 3.63) is 64.7 Å². The molecule has 0 bridgehead atoms. The smallest absolute Gasteiger partial charge is 0.387 e. The zero-order valence-electron chi connectivity index (χ0n) is 13.4. The van der Waals surface area contributed by atoms with Gasteiger partial charge in [0.1, 0.15) is 5.75 Å². The summed E-state index contributed by atoms with van der Waals surface area (Å²) in [4.78, 5) is 12.2. The number of aliphatic hydroxyl groups excluding tert-OH is 1. The minimum absolute atomic E-state index is 0.0142. The lowest BCUT2D eigenvalue weighted by molar-refractivity contribution is -0.0498. The molecule has 2 aromatic rings. The average Bonchev–Trinajstić information content (AvgIpc) is 2.55. The molecule has 24 heavy (non-hydrogen) atoms. The SMILES string of the molecule is Cc1cccc(C(=O)NCC(O)c2ccc(OC(F)F)cc2)c1C. The second kappa shape index (κ2) is 7.88. The molecule has 2 rings (SSSR count). The van der Waals surface area contributed by atoms with E-state index in [2.05, 4.69) is 10.1 Å². The Morgan fingerprint density at radius 3 is 2.46 bits per heavy atom. The predicted molar refractivity (Wildman–Crippen MR) is 86.3 cm³/mol. The van der Waals surface area contributed by atoms with Crippen molar-refractivity contribution < 1.29 is 23.4 Å². The molecule has 1 atom stereocenters. The van der Waals surface area contributed by atoms with Crippen LogP contribution >= 0.6 is 0 Å². The van der Waals surface area contributed by atoms with E-state index in [1.165, 1.54) is 24.3 Å². The number of nitrogens with one attached hydrogen (secondary N) is 1. The van der Waals surface area contributed by atoms with Gasteiger partial charge < -0.3 is 15.2 Å². The van der Waals surface area contributed by atoms with E-state index in [0.29, 0.717) is 11.1 Å². The molecule has 0 aliphatic carbocycles. The van der Waals surface area contributed by atoms with Crippen LogP contribution in [0.2, 0.25) is 0 Å². The van der Waals surface area contributed by atoms with Crippen LogP contribution < -0.4 is 10.1 Å². The minimum Gasteiger partial charge on any atom is -0.435 e. The number of halogens is 2. The Kier molecular flexibility index (Phi) is 5.87. The summed E-state index contributed by atoms with van der Waals surface area (Å²) in [6.07, 6.45) is -0.945. The molecule has 0 fully saturated rings. The molecule has 0 aliphatic rings. The molecule has 0 saturated heterocycles. The van der Waals surface area contributed by atoms with Crippen LogP contribution in [0.5, 0.6) is 5.75 Å². The molecular weight excluding hydrogens is 316 g/mol. The van der Waals surface area contributed by atoms with E-state index in [4.69, 9.17) is 0 Å². The zero-order valence-corrected chi connectivity index (χ0v) is 13.4. The van der Waals surface area contributed by atoms with Gasteiger partial charge in [-0.15, -0.1) is 0 Å². The average molecular weight is 335 g/mol. The number of aryl methyl sites for hydroxylation is 1. The molecular formula is C18H19F2NO3. The summed E-state index contributed by atoms with van der Waals surface area (Å²) >= 11 is 0. The van der Waals surface area contributed by atoms with E-state index in [1.54, 1.807) is 12.1 Å². The van der Waals surface area contributed by atoms with Crippen molar-refractivity contribution in [3.63, 3.8) is 0 Å². The Labute approximate surface area is 139 Å². The number of hydrogen-bond donors (Lipinski definition) is 2. The number of carbonyl (C=O) groups is 1. The van der Waals surface area contributed by atoms with Crippen molar-refractivity contribution in [2.75, 3.05) is 6.54 Å². The maximum atomic E-state index is 12.2. The van der Waals surface area contributed by atoms with Crippen LogP contribution in [0.3, 0.4) is 0 Å². The molecule has 6 heteroatoms. The van der Waals surface area contributed by atoms with Crippen LogP contribution in [0, 0.1) is 13.8 Å². The molecule has 1 amide bonds. The van der Waals surface area contributed by atoms with Crippen molar-refractivity contribution >= 4 is 5.91 Å². The highest BCUT2D eigenvalue weighted by Crippen LogP contribution is 2.19. The lowest BCUT2D eigenvalue weighted by atomic mass is 10.0. The standard InChI is InChI=1S/C18H19F2NO3/c1-11-4-3-5-15(12(11)2)17(23)21-10-16(22)13-6-8-14(9-7-13)24-18(19)20/h3-9,16,18,22H,10H2,1-2H3,(H,21,23). The zero-order chi connectivity index (χ0) is 17.7. The van der Waals surface area contributed by atoms with Gasteiger partial charge in [-0.1, -0.05) is 24.3 Å². The number of hydrogen-bond acceptors (Lipinski definition) is 3. The van der Waals surface area contributed by atoms with Gasteiger partial charge in [-0.3, -0.25) is 4.79 Å². The van der Waals surface area contributed by atoms with E-state index < -0.39 is 12.7 Å². The lowest BCUT2D eigenvalue weighted by Crippen LogP contribution is -2.29. The van der Waals surface area contributed by atoms with Crippen molar-refractivity contribution in [1.29, 1.82) is 0 Å². The summed E-state index contributed by atoms with van der Waals surface area (Å²) in [5, 5.41) is 12.8. The van der Waals surface area contributed by atoms with Crippen LogP contribution in [0.15, 0.2) is 42.5 Å². The van der Waals surface area contributed by atoms with Crippen molar-refractivity contribution in [3.8, 4) is 5.75 Å². The predicted octanol–water partition coefficient (Wildman–Crippen LogP) is 3.37. The third-order valence-electron chi connectivity index (χ3n) is 3.80. The summed E-state index contributed by atoms with van der Waals surface area (Å²) in [5.74, 6) is -0.256. The number of alkyl halides is 2. The number of aliphatic hydroxyl groups is 1. The third-order valence-corrected chi connectivity index (χ3v) is 3.80. The molecule has 2 aromatic carbocycles. The van der Waals surface area contributed by atoms with E-state index >= 15 is 0 Å². The monoisotopic (exact) mass is 335 g/mol. The molecule has 2 N–H and O–H groups in total. The Balaban J connectivity index is 1.96. The first kappa shape index (κ1) is 17.9. The normalized spacial score (nSPS) is 12.1. The van der Waals surface area contributed by atoms with Crippen molar-refractivity contribution in [2.24, 2.45) is 0 Å². The quantitative estimate of drug-likeness (QED) is 0.851. The molecule has 0 aromatic heterocycles. The van der Waals surface area contributed by atoms with Crippen LogP contribution in [0.4, 0.5) is 8.78 Å². The number of ether oxygens (including phenoxy) is 1. The second-order valence-electron chi connectivity index (χ2n) is 5.42.